The molecule has 1 N–H and O–H groups in total. The maximum atomic E-state index is 13.1. The summed E-state index contributed by atoms with van der Waals surface area (Å²) in [5.74, 6) is -1.13. The lowest BCUT2D eigenvalue weighted by atomic mass is 9.63. The molecule has 0 spiro atoms. The average molecular weight is 441 g/mol. The van der Waals surface area contributed by atoms with Gasteiger partial charge in [-0.15, -0.1) is 4.91 Å². The lowest BCUT2D eigenvalue weighted by Crippen LogP contribution is -2.58. The first-order valence-corrected chi connectivity index (χ1v) is 11.3. The fourth-order valence-corrected chi connectivity index (χ4v) is 5.74. The minimum atomic E-state index is -1.32. The predicted octanol–water partition coefficient (Wildman–Crippen LogP) is 4.92. The molecule has 1 saturated heterocycles. The number of hydrogen-bond acceptors (Lipinski definition) is 6. The van der Waals surface area contributed by atoms with Crippen LogP contribution in [0.2, 0.25) is 0 Å². The number of benzene rings is 2. The highest BCUT2D eigenvalue weighted by Gasteiger charge is 2.59. The van der Waals surface area contributed by atoms with Crippen molar-refractivity contribution in [3.05, 3.63) is 76.2 Å². The van der Waals surface area contributed by atoms with Crippen LogP contribution in [0.1, 0.15) is 54.1 Å². The van der Waals surface area contributed by atoms with E-state index >= 15 is 0 Å². The summed E-state index contributed by atoms with van der Waals surface area (Å²) in [4.78, 5) is 39.6. The Morgan fingerprint density at radius 2 is 1.74 bits per heavy atom. The van der Waals surface area contributed by atoms with Crippen LogP contribution in [0.3, 0.4) is 0 Å². The fourth-order valence-electron chi connectivity index (χ4n) is 4.76. The number of carbonyl (C=O) groups excluding carboxylic acids is 1. The summed E-state index contributed by atoms with van der Waals surface area (Å²) in [6.45, 7) is 3.31. The van der Waals surface area contributed by atoms with E-state index in [1.807, 2.05) is 20.0 Å². The Bertz CT molecular complexity index is 942. The molecule has 0 saturated carbocycles. The van der Waals surface area contributed by atoms with Gasteiger partial charge in [0.1, 0.15) is 5.41 Å². The van der Waals surface area contributed by atoms with Gasteiger partial charge in [0.25, 0.3) is 0 Å². The summed E-state index contributed by atoms with van der Waals surface area (Å²) in [5.41, 5.74) is 0.227. The number of aliphatic carboxylic acids is 1. The van der Waals surface area contributed by atoms with Crippen LogP contribution in [-0.4, -0.2) is 46.6 Å². The summed E-state index contributed by atoms with van der Waals surface area (Å²) in [5, 5.41) is 10.6. The highest BCUT2D eigenvalue weighted by atomic mass is 32.2. The van der Waals surface area contributed by atoms with Gasteiger partial charge in [-0.1, -0.05) is 61.9 Å². The first-order chi connectivity index (χ1) is 14.9. The first-order valence-electron chi connectivity index (χ1n) is 10.5. The molecule has 31 heavy (non-hydrogen) atoms. The molecular formula is C24H28N2O4S. The predicted molar refractivity (Wildman–Crippen MR) is 123 cm³/mol. The van der Waals surface area contributed by atoms with Gasteiger partial charge in [-0.25, -0.2) is 0 Å². The highest BCUT2D eigenvalue weighted by Crippen LogP contribution is 2.54. The van der Waals surface area contributed by atoms with Gasteiger partial charge in [0, 0.05) is 27.7 Å². The third kappa shape index (κ3) is 4.29. The summed E-state index contributed by atoms with van der Waals surface area (Å²) >= 11 is 0.859. The van der Waals surface area contributed by atoms with E-state index < -0.39 is 16.1 Å². The van der Waals surface area contributed by atoms with Gasteiger partial charge in [0.2, 0.25) is 0 Å². The van der Waals surface area contributed by atoms with Crippen molar-refractivity contribution >= 4 is 23.7 Å². The molecule has 1 heterocycles. The van der Waals surface area contributed by atoms with E-state index in [4.69, 9.17) is 0 Å². The molecule has 1 atom stereocenters. The number of carbonyl (C=O) groups is 2. The number of nitrogens with zero attached hydrogens (tertiary/aromatic N) is 2. The molecule has 0 aromatic heterocycles. The van der Waals surface area contributed by atoms with Gasteiger partial charge in [0.15, 0.2) is 5.78 Å². The second kappa shape index (κ2) is 9.75. The monoisotopic (exact) mass is 440 g/mol. The standard InChI is InChI=1S/C24H28N2O4S/c1-3-12-24(22(28)29,23(31-25-30)13-15-26(2)16-14-23)20-11-7-10-19(17-20)21(27)18-8-5-4-6-9-18/h4-11,17H,3,12-16H2,1-2H3,(H,28,29). The number of rotatable bonds is 9. The van der Waals surface area contributed by atoms with Crippen LogP contribution in [-0.2, 0) is 10.2 Å². The Labute approximate surface area is 187 Å². The molecular weight excluding hydrogens is 412 g/mol. The zero-order chi connectivity index (χ0) is 22.5. The molecule has 0 bridgehead atoms. The van der Waals surface area contributed by atoms with Crippen molar-refractivity contribution in [2.45, 2.75) is 42.8 Å². The van der Waals surface area contributed by atoms with E-state index in [0.717, 1.165) is 11.9 Å². The number of hydrogen-bond donors (Lipinski definition) is 1. The van der Waals surface area contributed by atoms with Gasteiger partial charge >= 0.3 is 5.97 Å². The molecule has 0 amide bonds. The number of piperidine rings is 1. The quantitative estimate of drug-likeness (QED) is 0.338. The molecule has 6 nitrogen and oxygen atoms in total. The average Bonchev–Trinajstić information content (AvgIpc) is 2.79. The summed E-state index contributed by atoms with van der Waals surface area (Å²) in [7, 11) is 1.99. The Kier molecular flexibility index (Phi) is 7.28. The number of likely N-dealkylation sites (tertiary alicyclic amines) is 1. The minimum Gasteiger partial charge on any atom is -0.481 e. The summed E-state index contributed by atoms with van der Waals surface area (Å²) in [6.07, 6.45) is 2.05. The van der Waals surface area contributed by atoms with E-state index in [1.54, 1.807) is 48.5 Å². The molecule has 1 unspecified atom stereocenters. The Hall–Kier alpha value is -2.51. The van der Waals surface area contributed by atoms with E-state index in [0.29, 0.717) is 55.5 Å². The Morgan fingerprint density at radius 3 is 2.32 bits per heavy atom. The van der Waals surface area contributed by atoms with E-state index in [9.17, 15) is 19.6 Å². The van der Waals surface area contributed by atoms with Gasteiger partial charge in [-0.05, 0) is 51.0 Å². The Morgan fingerprint density at radius 1 is 1.10 bits per heavy atom. The number of nitroso groups, excluding NO2 is 1. The number of ketones is 1. The highest BCUT2D eigenvalue weighted by molar-refractivity contribution is 7.99. The van der Waals surface area contributed by atoms with Crippen LogP contribution in [0, 0.1) is 4.91 Å². The van der Waals surface area contributed by atoms with Crippen LogP contribution in [0.25, 0.3) is 0 Å². The van der Waals surface area contributed by atoms with Crippen molar-refractivity contribution in [2.75, 3.05) is 20.1 Å². The third-order valence-corrected chi connectivity index (χ3v) is 7.61. The van der Waals surface area contributed by atoms with Gasteiger partial charge < -0.3 is 10.0 Å². The molecule has 3 rings (SSSR count). The molecule has 1 aliphatic heterocycles. The smallest absolute Gasteiger partial charge is 0.315 e. The minimum absolute atomic E-state index is 0.156. The van der Waals surface area contributed by atoms with Crippen LogP contribution in [0.4, 0.5) is 0 Å². The van der Waals surface area contributed by atoms with Crippen LogP contribution in [0.5, 0.6) is 0 Å². The van der Waals surface area contributed by atoms with Gasteiger partial charge in [-0.2, -0.15) is 0 Å². The lowest BCUT2D eigenvalue weighted by molar-refractivity contribution is -0.146. The summed E-state index contributed by atoms with van der Waals surface area (Å²) < 4.78 is 2.26. The van der Waals surface area contributed by atoms with E-state index in [2.05, 4.69) is 9.48 Å². The summed E-state index contributed by atoms with van der Waals surface area (Å²) in [6, 6.07) is 15.9. The van der Waals surface area contributed by atoms with E-state index in [-0.39, 0.29) is 5.78 Å². The largest absolute Gasteiger partial charge is 0.481 e. The topological polar surface area (TPSA) is 87.0 Å². The zero-order valence-electron chi connectivity index (χ0n) is 17.9. The molecule has 2 aromatic rings. The molecule has 1 aliphatic rings. The van der Waals surface area contributed by atoms with Crippen molar-refractivity contribution < 1.29 is 14.7 Å². The van der Waals surface area contributed by atoms with Gasteiger partial charge in [-0.3, -0.25) is 9.59 Å². The van der Waals surface area contributed by atoms with Crippen molar-refractivity contribution in [3.8, 4) is 0 Å². The number of carboxylic acids is 1. The second-order valence-electron chi connectivity index (χ2n) is 8.20. The van der Waals surface area contributed by atoms with Crippen LogP contribution < -0.4 is 0 Å². The molecule has 164 valence electrons. The van der Waals surface area contributed by atoms with Gasteiger partial charge in [0.05, 0.1) is 4.75 Å². The van der Waals surface area contributed by atoms with Crippen molar-refractivity contribution in [1.82, 2.24) is 4.90 Å². The molecule has 1 fully saturated rings. The maximum absolute atomic E-state index is 13.1. The van der Waals surface area contributed by atoms with Crippen LogP contribution >= 0.6 is 11.9 Å². The molecule has 0 radical (unpaired) electrons. The van der Waals surface area contributed by atoms with Crippen molar-refractivity contribution in [1.29, 1.82) is 0 Å². The molecule has 7 heteroatoms. The SMILES string of the molecule is CCCC(C(=O)O)(c1cccc(C(=O)c2ccccc2)c1)C1(SN=O)CCN(C)CC1. The second-order valence-corrected chi connectivity index (χ2v) is 9.31. The number of carboxylic acid groups (broad SMARTS) is 1. The lowest BCUT2D eigenvalue weighted by Gasteiger charge is -2.49. The molecule has 2 aromatic carbocycles. The fraction of sp³-hybridized carbons (Fsp3) is 0.417. The van der Waals surface area contributed by atoms with Crippen molar-refractivity contribution in [2.24, 2.45) is 4.58 Å². The molecule has 0 aliphatic carbocycles. The normalized spacial score (nSPS) is 18.1. The van der Waals surface area contributed by atoms with Crippen molar-refractivity contribution in [3.63, 3.8) is 0 Å². The zero-order valence-corrected chi connectivity index (χ0v) is 18.7. The third-order valence-electron chi connectivity index (χ3n) is 6.43. The van der Waals surface area contributed by atoms with Crippen LogP contribution in [0.15, 0.2) is 59.2 Å². The Balaban J connectivity index is 2.16. The first kappa shape index (κ1) is 23.2. The van der Waals surface area contributed by atoms with E-state index in [1.165, 1.54) is 0 Å². The maximum Gasteiger partial charge on any atom is 0.315 e.